The van der Waals surface area contributed by atoms with E-state index >= 15 is 0 Å². The van der Waals surface area contributed by atoms with E-state index in [-0.39, 0.29) is 46.2 Å². The lowest BCUT2D eigenvalue weighted by molar-refractivity contribution is -0.0526. The third kappa shape index (κ3) is 7.52. The van der Waals surface area contributed by atoms with Gasteiger partial charge in [-0.15, -0.1) is 5.10 Å². The number of halogens is 4. The van der Waals surface area contributed by atoms with E-state index in [0.29, 0.717) is 18.4 Å². The number of nitrogens with one attached hydrogen (secondary N) is 1. The molecule has 0 bridgehead atoms. The van der Waals surface area contributed by atoms with Crippen LogP contribution in [0.15, 0.2) is 49.1 Å². The molecule has 1 N–H and O–H groups in total. The van der Waals surface area contributed by atoms with Gasteiger partial charge in [-0.1, -0.05) is 0 Å². The lowest BCUT2D eigenvalue weighted by Crippen LogP contribution is -2.43. The monoisotopic (exact) mass is 672 g/mol. The second-order valence-electron chi connectivity index (χ2n) is 11.3. The number of ether oxygens (including phenoxy) is 2. The van der Waals surface area contributed by atoms with Gasteiger partial charge in [-0.3, -0.25) is 9.48 Å². The zero-order valence-corrected chi connectivity index (χ0v) is 26.0. The second kappa shape index (κ2) is 14.3. The molecule has 6 rings (SSSR count). The molecule has 1 fully saturated rings. The van der Waals surface area contributed by atoms with Crippen molar-refractivity contribution >= 4 is 17.2 Å². The number of aromatic nitrogens is 9. The van der Waals surface area contributed by atoms with Gasteiger partial charge in [-0.05, 0) is 74.7 Å². The van der Waals surface area contributed by atoms with E-state index in [1.807, 2.05) is 0 Å². The number of hydrogen-bond donors (Lipinski definition) is 1. The molecule has 0 unspecified atom stereocenters. The number of nitrogens with zero attached hydrogens (tertiary/aromatic N) is 11. The number of alkyl halides is 4. The molecule has 254 valence electrons. The van der Waals surface area contributed by atoms with Crippen molar-refractivity contribution in [3.05, 3.63) is 60.4 Å². The van der Waals surface area contributed by atoms with Gasteiger partial charge < -0.3 is 24.6 Å². The quantitative estimate of drug-likeness (QED) is 0.184. The average molecular weight is 673 g/mol. The summed E-state index contributed by atoms with van der Waals surface area (Å²) in [6.45, 7) is -3.27. The van der Waals surface area contributed by atoms with Crippen LogP contribution in [0.2, 0.25) is 0 Å². The molecule has 19 heteroatoms. The summed E-state index contributed by atoms with van der Waals surface area (Å²) in [7, 11) is 4.17. The Labute approximate surface area is 271 Å². The van der Waals surface area contributed by atoms with Gasteiger partial charge in [0.25, 0.3) is 5.91 Å². The van der Waals surface area contributed by atoms with Crippen molar-refractivity contribution in [1.29, 1.82) is 0 Å². The lowest BCUT2D eigenvalue weighted by atomic mass is 10.0. The first-order valence-corrected chi connectivity index (χ1v) is 15.0. The van der Waals surface area contributed by atoms with Crippen molar-refractivity contribution in [2.24, 2.45) is 0 Å². The van der Waals surface area contributed by atoms with Crippen LogP contribution in [-0.2, 0) is 13.1 Å². The van der Waals surface area contributed by atoms with Crippen molar-refractivity contribution < 1.29 is 31.8 Å². The minimum absolute atomic E-state index is 0.0229. The Kier molecular flexibility index (Phi) is 9.76. The zero-order chi connectivity index (χ0) is 33.8. The van der Waals surface area contributed by atoms with E-state index in [4.69, 9.17) is 0 Å². The van der Waals surface area contributed by atoms with Gasteiger partial charge in [0.05, 0.1) is 24.0 Å². The van der Waals surface area contributed by atoms with Crippen LogP contribution in [0.5, 0.6) is 11.5 Å². The first-order valence-electron chi connectivity index (χ1n) is 15.0. The number of benzene rings is 1. The molecule has 0 saturated carbocycles. The van der Waals surface area contributed by atoms with Crippen LogP contribution >= 0.6 is 0 Å². The van der Waals surface area contributed by atoms with E-state index in [1.54, 1.807) is 16.9 Å². The maximum Gasteiger partial charge on any atom is 0.387 e. The summed E-state index contributed by atoms with van der Waals surface area (Å²) >= 11 is 0. The minimum Gasteiger partial charge on any atom is -0.435 e. The van der Waals surface area contributed by atoms with Gasteiger partial charge in [0, 0.05) is 31.2 Å². The van der Waals surface area contributed by atoms with E-state index in [9.17, 15) is 22.4 Å². The first kappa shape index (κ1) is 32.8. The van der Waals surface area contributed by atoms with Crippen molar-refractivity contribution in [3.63, 3.8) is 0 Å². The van der Waals surface area contributed by atoms with Crippen molar-refractivity contribution in [3.8, 4) is 22.8 Å². The molecular weight excluding hydrogens is 640 g/mol. The smallest absolute Gasteiger partial charge is 0.387 e. The topological polar surface area (TPSA) is 146 Å². The number of piperidine rings is 1. The highest BCUT2D eigenvalue weighted by Gasteiger charge is 2.24. The number of carbonyl (C=O) groups is 1. The average Bonchev–Trinajstić information content (AvgIpc) is 3.79. The fourth-order valence-electron chi connectivity index (χ4n) is 5.59. The number of likely N-dealkylation sites (tertiary alicyclic amines) is 1. The number of amides is 1. The maximum absolute atomic E-state index is 13.5. The Bertz CT molecular complexity index is 1850. The van der Waals surface area contributed by atoms with Crippen LogP contribution in [0.25, 0.3) is 16.9 Å². The molecule has 1 aromatic carbocycles. The molecule has 0 spiro atoms. The number of fused-ring (bicyclic) bond motifs is 1. The van der Waals surface area contributed by atoms with Crippen molar-refractivity contribution in [1.82, 2.24) is 54.4 Å². The first-order chi connectivity index (χ1) is 23.1. The Balaban J connectivity index is 1.30. The van der Waals surface area contributed by atoms with Crippen LogP contribution in [0.4, 0.5) is 23.2 Å². The van der Waals surface area contributed by atoms with E-state index in [0.717, 1.165) is 50.7 Å². The number of hydrogen-bond acceptors (Lipinski definition) is 11. The summed E-state index contributed by atoms with van der Waals surface area (Å²) in [5.41, 5.74) is 0.230. The molecule has 1 amide bonds. The summed E-state index contributed by atoms with van der Waals surface area (Å²) < 4.78 is 66.7. The molecule has 4 aromatic heterocycles. The molecule has 15 nitrogen and oxygen atoms in total. The number of carbonyl (C=O) groups excluding carboxylic acids is 1. The van der Waals surface area contributed by atoms with Gasteiger partial charge in [0.2, 0.25) is 0 Å². The van der Waals surface area contributed by atoms with Gasteiger partial charge >= 0.3 is 13.2 Å². The van der Waals surface area contributed by atoms with E-state index in [2.05, 4.69) is 69.4 Å². The van der Waals surface area contributed by atoms with E-state index < -0.39 is 19.1 Å². The fourth-order valence-corrected chi connectivity index (χ4v) is 5.59. The highest BCUT2D eigenvalue weighted by Crippen LogP contribution is 2.38. The highest BCUT2D eigenvalue weighted by molar-refractivity contribution is 6.09. The third-order valence-electron chi connectivity index (χ3n) is 8.01. The standard InChI is InChI=1S/C29H32F4N12O3/c1-41(2)18-6-10-42(11-7-18)12-13-44-24(37-39-40-44)17-43-16-22(36-27(46)21-15-35-45-9-3-8-34-26(21)45)25(38-43)20-14-19(47-28(30)31)4-5-23(20)48-29(32)33/h3-5,8-9,14-16,18,28-29H,6-7,10-13,17H2,1-2H3,(H,36,46). The van der Waals surface area contributed by atoms with Gasteiger partial charge in [-0.2, -0.15) is 27.8 Å². The molecule has 5 aromatic rings. The highest BCUT2D eigenvalue weighted by atomic mass is 19.3. The largest absolute Gasteiger partial charge is 0.435 e. The van der Waals surface area contributed by atoms with Gasteiger partial charge in [0.15, 0.2) is 11.5 Å². The number of tetrazole rings is 1. The number of rotatable bonds is 13. The summed E-state index contributed by atoms with van der Waals surface area (Å²) in [4.78, 5) is 22.2. The molecule has 1 aliphatic rings. The number of anilines is 1. The molecule has 5 heterocycles. The predicted molar refractivity (Wildman–Crippen MR) is 162 cm³/mol. The molecule has 48 heavy (non-hydrogen) atoms. The van der Waals surface area contributed by atoms with Gasteiger partial charge in [0.1, 0.15) is 29.3 Å². The van der Waals surface area contributed by atoms with Crippen LogP contribution in [0, 0.1) is 0 Å². The Hall–Kier alpha value is -5.17. The van der Waals surface area contributed by atoms with Crippen LogP contribution in [0.1, 0.15) is 29.0 Å². The SMILES string of the molecule is CN(C)C1CCN(CCn2nnnc2Cn2cc(NC(=O)c3cnn4cccnc34)c(-c3cc(OC(F)F)ccc3OC(F)F)n2)CC1. The van der Waals surface area contributed by atoms with Crippen molar-refractivity contribution in [2.45, 2.75) is 45.2 Å². The summed E-state index contributed by atoms with van der Waals surface area (Å²) in [6, 6.07) is 5.38. The van der Waals surface area contributed by atoms with Crippen LogP contribution < -0.4 is 14.8 Å². The van der Waals surface area contributed by atoms with Crippen LogP contribution in [-0.4, -0.2) is 113 Å². The summed E-state index contributed by atoms with van der Waals surface area (Å²) in [5.74, 6) is -0.911. The normalized spacial score (nSPS) is 14.4. The molecule has 1 aliphatic heterocycles. The van der Waals surface area contributed by atoms with Gasteiger partial charge in [-0.25, -0.2) is 14.2 Å². The minimum atomic E-state index is -3.24. The molecule has 1 saturated heterocycles. The van der Waals surface area contributed by atoms with Crippen LogP contribution in [0.3, 0.4) is 0 Å². The molecule has 0 radical (unpaired) electrons. The zero-order valence-electron chi connectivity index (χ0n) is 26.0. The van der Waals surface area contributed by atoms with Crippen molar-refractivity contribution in [2.75, 3.05) is 39.0 Å². The predicted octanol–water partition coefficient (Wildman–Crippen LogP) is 3.11. The Morgan fingerprint density at radius 1 is 1.10 bits per heavy atom. The Morgan fingerprint density at radius 3 is 2.65 bits per heavy atom. The summed E-state index contributed by atoms with van der Waals surface area (Å²) in [5, 5.41) is 23.5. The lowest BCUT2D eigenvalue weighted by Gasteiger charge is -2.35. The maximum atomic E-state index is 13.5. The molecule has 0 aliphatic carbocycles. The van der Waals surface area contributed by atoms with E-state index in [1.165, 1.54) is 27.8 Å². The fraction of sp³-hybridized carbons (Fsp3) is 0.414. The third-order valence-corrected chi connectivity index (χ3v) is 8.01. The molecule has 0 atom stereocenters. The Morgan fingerprint density at radius 2 is 1.90 bits per heavy atom. The summed E-state index contributed by atoms with van der Waals surface area (Å²) in [6.07, 6.45) is 8.00. The molecular formula is C29H32F4N12O3. The second-order valence-corrected chi connectivity index (χ2v) is 11.3.